The fraction of sp³-hybridized carbons (Fsp3) is 0.550. The van der Waals surface area contributed by atoms with Gasteiger partial charge in [0.05, 0.1) is 25.8 Å². The average Bonchev–Trinajstić information content (AvgIpc) is 3.16. The van der Waals surface area contributed by atoms with Crippen LogP contribution in [0.15, 0.2) is 36.4 Å². The third-order valence-electron chi connectivity index (χ3n) is 9.06. The quantitative estimate of drug-likeness (QED) is 0.0763. The number of aryl methyl sites for hydroxylation is 1. The molecule has 57 heavy (non-hydrogen) atoms. The Morgan fingerprint density at radius 2 is 1.54 bits per heavy atom. The minimum absolute atomic E-state index is 0. The molecule has 0 aromatic heterocycles. The van der Waals surface area contributed by atoms with Crippen molar-refractivity contribution in [1.29, 1.82) is 0 Å². The summed E-state index contributed by atoms with van der Waals surface area (Å²) in [6, 6.07) is 7.03. The molecule has 0 aliphatic carbocycles. The molecule has 1 unspecified atom stereocenters. The summed E-state index contributed by atoms with van der Waals surface area (Å²) < 4.78 is 27.0. The molecule has 0 spiro atoms. The van der Waals surface area contributed by atoms with Crippen LogP contribution >= 0.6 is 12.4 Å². The lowest BCUT2D eigenvalue weighted by Gasteiger charge is -2.28. The van der Waals surface area contributed by atoms with Crippen LogP contribution in [-0.2, 0) is 57.1 Å². The van der Waals surface area contributed by atoms with Crippen molar-refractivity contribution in [3.8, 4) is 5.75 Å². The topological polar surface area (TPSA) is 227 Å². The van der Waals surface area contributed by atoms with Gasteiger partial charge in [0.25, 0.3) is 0 Å². The predicted molar refractivity (Wildman–Crippen MR) is 220 cm³/mol. The molecule has 2 aromatic carbocycles. The smallest absolute Gasteiger partial charge is 0.469 e. The van der Waals surface area contributed by atoms with Crippen LogP contribution < -0.4 is 26.8 Å². The molecule has 0 fully saturated rings. The van der Waals surface area contributed by atoms with E-state index in [0.717, 1.165) is 5.56 Å². The predicted octanol–water partition coefficient (Wildman–Crippen LogP) is 3.10. The second-order valence-corrected chi connectivity index (χ2v) is 15.8. The number of esters is 1. The zero-order chi connectivity index (χ0) is 41.9. The van der Waals surface area contributed by atoms with Gasteiger partial charge in [-0.3, -0.25) is 33.1 Å². The molecule has 0 heterocycles. The number of unbranched alkanes of at least 4 members (excludes halogenated alkanes) is 2. The molecule has 0 bridgehead atoms. The lowest BCUT2D eigenvalue weighted by Crippen LogP contribution is -2.57. The molecule has 6 N–H and O–H groups in total. The van der Waals surface area contributed by atoms with E-state index < -0.39 is 65.3 Å². The second kappa shape index (κ2) is 25.8. The number of halogens is 1. The van der Waals surface area contributed by atoms with E-state index in [1.165, 1.54) is 13.4 Å². The molecule has 0 aliphatic heterocycles. The van der Waals surface area contributed by atoms with Gasteiger partial charge < -0.3 is 36.3 Å². The van der Waals surface area contributed by atoms with E-state index in [1.807, 2.05) is 19.9 Å². The lowest BCUT2D eigenvalue weighted by molar-refractivity contribution is -0.149. The van der Waals surface area contributed by atoms with Crippen LogP contribution in [0.4, 0.5) is 4.79 Å². The summed E-state index contributed by atoms with van der Waals surface area (Å²) >= 11 is 0. The van der Waals surface area contributed by atoms with E-state index in [9.17, 15) is 33.0 Å². The Bertz CT molecular complexity index is 1690. The van der Waals surface area contributed by atoms with Gasteiger partial charge in [-0.05, 0) is 86.3 Å². The number of hydrogen-bond donors (Lipinski definition) is 4. The third-order valence-corrected chi connectivity index (χ3v) is 9.87. The fourth-order valence-corrected chi connectivity index (χ4v) is 6.30. The van der Waals surface area contributed by atoms with E-state index in [1.54, 1.807) is 51.1 Å². The number of imide groups is 1. The summed E-state index contributed by atoms with van der Waals surface area (Å²) in [5.41, 5.74) is 16.1. The van der Waals surface area contributed by atoms with Crippen molar-refractivity contribution in [2.45, 2.75) is 97.7 Å². The Balaban J connectivity index is 0.0000162. The molecule has 318 valence electrons. The van der Waals surface area contributed by atoms with Crippen molar-refractivity contribution in [2.24, 2.45) is 17.4 Å². The molecular formula is C40H60ClN5O10S. The summed E-state index contributed by atoms with van der Waals surface area (Å²) in [5.74, 6) is -2.83. The van der Waals surface area contributed by atoms with Crippen LogP contribution in [0.3, 0.4) is 0 Å². The molecule has 2 rings (SSSR count). The molecule has 4 amide bonds. The van der Waals surface area contributed by atoms with Gasteiger partial charge in [-0.1, -0.05) is 50.6 Å². The summed E-state index contributed by atoms with van der Waals surface area (Å²) in [6.45, 7) is 8.82. The number of benzene rings is 2. The Morgan fingerprint density at radius 1 is 0.895 bits per heavy atom. The molecule has 0 radical (unpaired) electrons. The van der Waals surface area contributed by atoms with Crippen molar-refractivity contribution >= 4 is 59.0 Å². The first kappa shape index (κ1) is 50.6. The number of rotatable bonds is 22. The highest BCUT2D eigenvalue weighted by Gasteiger charge is 2.33. The summed E-state index contributed by atoms with van der Waals surface area (Å²) in [7, 11) is 0.0492. The number of nitrogens with one attached hydrogen (secondary N) is 2. The van der Waals surface area contributed by atoms with Gasteiger partial charge in [-0.25, -0.2) is 4.79 Å². The van der Waals surface area contributed by atoms with Gasteiger partial charge in [-0.15, -0.1) is 12.4 Å². The van der Waals surface area contributed by atoms with Crippen LogP contribution in [0.25, 0.3) is 0 Å². The summed E-state index contributed by atoms with van der Waals surface area (Å²) in [4.78, 5) is 79.1. The lowest BCUT2D eigenvalue weighted by atomic mass is 9.92. The number of ether oxygens (including phenoxy) is 3. The van der Waals surface area contributed by atoms with Crippen molar-refractivity contribution in [3.05, 3.63) is 64.2 Å². The molecule has 17 heteroatoms. The molecule has 4 atom stereocenters. The molecular weight excluding hydrogens is 778 g/mol. The zero-order valence-electron chi connectivity index (χ0n) is 34.1. The molecule has 0 saturated heterocycles. The van der Waals surface area contributed by atoms with Gasteiger partial charge >= 0.3 is 12.1 Å². The van der Waals surface area contributed by atoms with E-state index in [0.29, 0.717) is 53.0 Å². The van der Waals surface area contributed by atoms with Gasteiger partial charge in [0.2, 0.25) is 23.6 Å². The van der Waals surface area contributed by atoms with Crippen LogP contribution in [-0.4, -0.2) is 102 Å². The Morgan fingerprint density at radius 3 is 2.16 bits per heavy atom. The van der Waals surface area contributed by atoms with E-state index in [4.69, 9.17) is 20.9 Å². The monoisotopic (exact) mass is 837 g/mol. The first-order valence-electron chi connectivity index (χ1n) is 18.7. The molecule has 0 saturated carbocycles. The number of carbonyl (C=O) groups excluding carboxylic acids is 6. The maximum atomic E-state index is 14.0. The van der Waals surface area contributed by atoms with Crippen LogP contribution in [0.1, 0.15) is 73.8 Å². The average molecular weight is 838 g/mol. The van der Waals surface area contributed by atoms with Gasteiger partial charge in [0, 0.05) is 42.2 Å². The first-order chi connectivity index (χ1) is 26.4. The number of amides is 4. The van der Waals surface area contributed by atoms with Crippen LogP contribution in [0.5, 0.6) is 5.75 Å². The van der Waals surface area contributed by atoms with Gasteiger partial charge in [-0.2, -0.15) is 0 Å². The molecule has 2 aromatic rings. The minimum Gasteiger partial charge on any atom is -0.469 e. The van der Waals surface area contributed by atoms with Crippen LogP contribution in [0.2, 0.25) is 0 Å². The minimum atomic E-state index is -1.30. The highest BCUT2D eigenvalue weighted by molar-refractivity contribution is 7.84. The van der Waals surface area contributed by atoms with E-state index in [2.05, 4.69) is 15.4 Å². The zero-order valence-corrected chi connectivity index (χ0v) is 35.7. The maximum absolute atomic E-state index is 14.0. The van der Waals surface area contributed by atoms with E-state index >= 15 is 0 Å². The largest absolute Gasteiger partial charge is 0.513 e. The number of nitrogens with two attached hydrogens (primary N) is 2. The summed E-state index contributed by atoms with van der Waals surface area (Å²) in [6.07, 6.45) is 2.81. The number of carbonyl (C=O) groups is 6. The van der Waals surface area contributed by atoms with Crippen molar-refractivity contribution in [2.75, 3.05) is 38.8 Å². The van der Waals surface area contributed by atoms with E-state index in [-0.39, 0.29) is 68.1 Å². The standard InChI is InChI=1S/C40H59N5O10S.ClH/c1-25(2)24-54-40(51)55-34-20-26(3)30(27(4)28(34)5)22-32(42)39(50)45(38(49)31(41)17-19-56(7)52)23-35(46)44-33(21-29-14-10-8-11-15-29)37(48)43-18-13-9-12-16-36(47)53-6;/h8,10-11,14-15,20,25,31-33H,9,12-13,16-19,21-24,41-42H2,1-7H3,(H,43,48)(H,44,46);1H/t31-,32+,33+,56?;/m1./s1. The van der Waals surface area contributed by atoms with Gasteiger partial charge in [0.15, 0.2) is 0 Å². The fourth-order valence-electron chi connectivity index (χ4n) is 5.71. The van der Waals surface area contributed by atoms with Crippen molar-refractivity contribution in [1.82, 2.24) is 15.5 Å². The van der Waals surface area contributed by atoms with Crippen LogP contribution in [0, 0.1) is 26.7 Å². The summed E-state index contributed by atoms with van der Waals surface area (Å²) in [5, 5.41) is 5.50. The Hall–Kier alpha value is -4.38. The highest BCUT2D eigenvalue weighted by Crippen LogP contribution is 2.29. The normalized spacial score (nSPS) is 12.9. The molecule has 0 aliphatic rings. The Kier molecular flexibility index (Phi) is 22.9. The van der Waals surface area contributed by atoms with Crippen molar-refractivity contribution in [3.63, 3.8) is 0 Å². The Labute approximate surface area is 344 Å². The second-order valence-electron chi connectivity index (χ2n) is 14.2. The van der Waals surface area contributed by atoms with Crippen molar-refractivity contribution < 1.29 is 47.2 Å². The number of nitrogens with zero attached hydrogens (tertiary/aromatic N) is 1. The SMILES string of the molecule is COC(=O)CCCCCNC(=O)[C@H](Cc1ccccc1)NC(=O)CN(C(=O)[C@H](N)CCS(C)=O)C(=O)[C@@H](N)Cc1c(C)cc(OC(=O)OCC(C)C)c(C)c1C.Cl. The van der Waals surface area contributed by atoms with Gasteiger partial charge in [0.1, 0.15) is 18.3 Å². The number of hydrogen-bond acceptors (Lipinski definition) is 12. The maximum Gasteiger partial charge on any atom is 0.513 e. The third kappa shape index (κ3) is 17.7. The number of methoxy groups -OCH3 is 1. The first-order valence-corrected chi connectivity index (χ1v) is 20.5. The molecule has 15 nitrogen and oxygen atoms in total. The highest BCUT2D eigenvalue weighted by atomic mass is 35.5.